The van der Waals surface area contributed by atoms with E-state index in [0.29, 0.717) is 6.42 Å². The summed E-state index contributed by atoms with van der Waals surface area (Å²) in [4.78, 5) is 0. The second-order valence-corrected chi connectivity index (χ2v) is 5.53. The molecule has 0 atom stereocenters. The first-order valence-corrected chi connectivity index (χ1v) is 6.32. The van der Waals surface area contributed by atoms with Gasteiger partial charge in [-0.15, -0.1) is 12.3 Å². The molecule has 0 radical (unpaired) electrons. The van der Waals surface area contributed by atoms with Gasteiger partial charge in [0, 0.05) is 6.42 Å². The highest BCUT2D eigenvalue weighted by molar-refractivity contribution is 6.54. The van der Waals surface area contributed by atoms with Crippen LogP contribution in [0.15, 0.2) is 11.5 Å². The summed E-state index contributed by atoms with van der Waals surface area (Å²) >= 11 is 0. The van der Waals surface area contributed by atoms with Crippen LogP contribution in [0.5, 0.6) is 0 Å². The third-order valence-corrected chi connectivity index (χ3v) is 3.58. The molecule has 17 heavy (non-hydrogen) atoms. The second-order valence-electron chi connectivity index (χ2n) is 5.53. The largest absolute Gasteiger partial charge is 0.490 e. The normalized spacial score (nSPS) is 22.6. The first-order chi connectivity index (χ1) is 7.84. The SMILES string of the molecule is C#CC/C=C(\CCC)B1OC(C)(C)C(C)(C)O1. The van der Waals surface area contributed by atoms with Gasteiger partial charge >= 0.3 is 7.12 Å². The van der Waals surface area contributed by atoms with Crippen LogP contribution in [0.3, 0.4) is 0 Å². The van der Waals surface area contributed by atoms with Gasteiger partial charge in [0.25, 0.3) is 0 Å². The average Bonchev–Trinajstić information content (AvgIpc) is 2.43. The maximum Gasteiger partial charge on any atom is 0.490 e. The summed E-state index contributed by atoms with van der Waals surface area (Å²) in [6.07, 6.45) is 10.0. The van der Waals surface area contributed by atoms with Gasteiger partial charge in [-0.05, 0) is 39.6 Å². The van der Waals surface area contributed by atoms with Crippen LogP contribution in [0.2, 0.25) is 0 Å². The summed E-state index contributed by atoms with van der Waals surface area (Å²) in [7, 11) is -0.242. The van der Waals surface area contributed by atoms with Crippen LogP contribution >= 0.6 is 0 Å². The molecule has 0 unspecified atom stereocenters. The zero-order valence-electron chi connectivity index (χ0n) is 11.7. The highest BCUT2D eigenvalue weighted by atomic mass is 16.7. The zero-order chi connectivity index (χ0) is 13.1. The van der Waals surface area contributed by atoms with E-state index in [-0.39, 0.29) is 18.3 Å². The number of hydrogen-bond donors (Lipinski definition) is 0. The van der Waals surface area contributed by atoms with Gasteiger partial charge in [0.2, 0.25) is 0 Å². The summed E-state index contributed by atoms with van der Waals surface area (Å²) in [5.41, 5.74) is 0.616. The first-order valence-electron chi connectivity index (χ1n) is 6.32. The summed E-state index contributed by atoms with van der Waals surface area (Å²) in [5, 5.41) is 0. The van der Waals surface area contributed by atoms with Gasteiger partial charge in [0.1, 0.15) is 0 Å². The molecule has 0 bridgehead atoms. The van der Waals surface area contributed by atoms with E-state index in [4.69, 9.17) is 15.7 Å². The van der Waals surface area contributed by atoms with Crippen molar-refractivity contribution in [1.29, 1.82) is 0 Å². The van der Waals surface area contributed by atoms with Crippen molar-refractivity contribution >= 4 is 7.12 Å². The second kappa shape index (κ2) is 5.29. The lowest BCUT2D eigenvalue weighted by atomic mass is 9.75. The smallest absolute Gasteiger partial charge is 0.400 e. The lowest BCUT2D eigenvalue weighted by Gasteiger charge is -2.32. The van der Waals surface area contributed by atoms with Gasteiger partial charge < -0.3 is 9.31 Å². The summed E-state index contributed by atoms with van der Waals surface area (Å²) in [6, 6.07) is 0. The average molecular weight is 234 g/mol. The van der Waals surface area contributed by atoms with Crippen LogP contribution in [0.4, 0.5) is 0 Å². The van der Waals surface area contributed by atoms with Crippen molar-refractivity contribution in [2.24, 2.45) is 0 Å². The molecule has 0 aromatic rings. The number of allylic oxidation sites excluding steroid dienone is 2. The molecule has 0 spiro atoms. The third kappa shape index (κ3) is 3.15. The van der Waals surface area contributed by atoms with E-state index in [2.05, 4.69) is 46.6 Å². The molecule has 0 aliphatic carbocycles. The molecular formula is C14H23BO2. The molecule has 1 fully saturated rings. The minimum absolute atomic E-state index is 0.242. The lowest BCUT2D eigenvalue weighted by Crippen LogP contribution is -2.41. The Morgan fingerprint density at radius 3 is 2.18 bits per heavy atom. The molecule has 1 saturated heterocycles. The number of terminal acetylenes is 1. The zero-order valence-corrected chi connectivity index (χ0v) is 11.7. The van der Waals surface area contributed by atoms with Crippen molar-refractivity contribution < 1.29 is 9.31 Å². The van der Waals surface area contributed by atoms with Crippen molar-refractivity contribution in [2.45, 2.75) is 65.1 Å². The molecule has 1 aliphatic heterocycles. The third-order valence-electron chi connectivity index (χ3n) is 3.58. The Morgan fingerprint density at radius 1 is 1.24 bits per heavy atom. The Kier molecular flexibility index (Phi) is 4.46. The van der Waals surface area contributed by atoms with Gasteiger partial charge in [0.15, 0.2) is 0 Å². The molecule has 0 amide bonds. The van der Waals surface area contributed by atoms with E-state index in [1.807, 2.05) is 0 Å². The van der Waals surface area contributed by atoms with Crippen LogP contribution in [-0.4, -0.2) is 18.3 Å². The fourth-order valence-corrected chi connectivity index (χ4v) is 1.79. The highest BCUT2D eigenvalue weighted by Crippen LogP contribution is 2.39. The Labute approximate surface area is 106 Å². The van der Waals surface area contributed by atoms with Crippen LogP contribution in [-0.2, 0) is 9.31 Å². The van der Waals surface area contributed by atoms with Crippen LogP contribution in [0.25, 0.3) is 0 Å². The summed E-state index contributed by atoms with van der Waals surface area (Å²) < 4.78 is 12.0. The Bertz CT molecular complexity index is 321. The standard InChI is InChI=1S/C14H23BO2/c1-7-9-11-12(10-8-2)15-16-13(3,4)14(5,6)17-15/h1,11H,8-10H2,2-6H3/b12-11+. The van der Waals surface area contributed by atoms with E-state index in [1.165, 1.54) is 5.47 Å². The molecule has 0 N–H and O–H groups in total. The van der Waals surface area contributed by atoms with Crippen molar-refractivity contribution in [3.05, 3.63) is 11.5 Å². The molecule has 2 nitrogen and oxygen atoms in total. The predicted molar refractivity (Wildman–Crippen MR) is 72.5 cm³/mol. The minimum atomic E-state index is -0.277. The Hall–Kier alpha value is -0.715. The van der Waals surface area contributed by atoms with Crippen molar-refractivity contribution in [1.82, 2.24) is 0 Å². The molecule has 3 heteroatoms. The lowest BCUT2D eigenvalue weighted by molar-refractivity contribution is 0.00578. The van der Waals surface area contributed by atoms with Crippen molar-refractivity contribution in [3.8, 4) is 12.3 Å². The van der Waals surface area contributed by atoms with Gasteiger partial charge in [-0.3, -0.25) is 0 Å². The van der Waals surface area contributed by atoms with Crippen molar-refractivity contribution in [2.75, 3.05) is 0 Å². The maximum absolute atomic E-state index is 6.02. The van der Waals surface area contributed by atoms with E-state index < -0.39 is 0 Å². The predicted octanol–water partition coefficient (Wildman–Crippen LogP) is 3.37. The fraction of sp³-hybridized carbons (Fsp3) is 0.714. The van der Waals surface area contributed by atoms with Gasteiger partial charge in [-0.1, -0.05) is 19.4 Å². The maximum atomic E-state index is 6.02. The van der Waals surface area contributed by atoms with Crippen LogP contribution in [0.1, 0.15) is 53.9 Å². The molecule has 0 aromatic heterocycles. The molecule has 1 aliphatic rings. The quantitative estimate of drug-likeness (QED) is 0.548. The van der Waals surface area contributed by atoms with Gasteiger partial charge in [-0.25, -0.2) is 0 Å². The highest BCUT2D eigenvalue weighted by Gasteiger charge is 2.51. The fourth-order valence-electron chi connectivity index (χ4n) is 1.79. The van der Waals surface area contributed by atoms with E-state index in [1.54, 1.807) is 0 Å². The molecule has 1 heterocycles. The van der Waals surface area contributed by atoms with E-state index in [9.17, 15) is 0 Å². The number of rotatable bonds is 4. The van der Waals surface area contributed by atoms with Crippen molar-refractivity contribution in [3.63, 3.8) is 0 Å². The first kappa shape index (κ1) is 14.3. The van der Waals surface area contributed by atoms with E-state index in [0.717, 1.165) is 12.8 Å². The van der Waals surface area contributed by atoms with Crippen LogP contribution in [0, 0.1) is 12.3 Å². The van der Waals surface area contributed by atoms with Gasteiger partial charge in [0.05, 0.1) is 11.2 Å². The Balaban J connectivity index is 2.83. The Morgan fingerprint density at radius 2 is 1.76 bits per heavy atom. The molecule has 0 aromatic carbocycles. The minimum Gasteiger partial charge on any atom is -0.400 e. The summed E-state index contributed by atoms with van der Waals surface area (Å²) in [5.74, 6) is 2.63. The molecule has 0 saturated carbocycles. The topological polar surface area (TPSA) is 18.5 Å². The number of hydrogen-bond acceptors (Lipinski definition) is 2. The molecule has 1 rings (SSSR count). The van der Waals surface area contributed by atoms with Gasteiger partial charge in [-0.2, -0.15) is 0 Å². The monoisotopic (exact) mass is 234 g/mol. The van der Waals surface area contributed by atoms with E-state index >= 15 is 0 Å². The summed E-state index contributed by atoms with van der Waals surface area (Å²) in [6.45, 7) is 10.4. The molecule has 94 valence electrons. The molecular weight excluding hydrogens is 211 g/mol. The van der Waals surface area contributed by atoms with Crippen LogP contribution < -0.4 is 0 Å².